The van der Waals surface area contributed by atoms with Crippen LogP contribution in [-0.4, -0.2) is 67.9 Å². The first-order valence-corrected chi connectivity index (χ1v) is 6.03. The van der Waals surface area contributed by atoms with Gasteiger partial charge in [0, 0.05) is 26.2 Å². The first kappa shape index (κ1) is 13.9. The van der Waals surface area contributed by atoms with E-state index in [2.05, 4.69) is 22.2 Å². The molecule has 0 aromatic carbocycles. The quantitative estimate of drug-likeness (QED) is 0.539. The number of rotatable bonds is 7. The second-order valence-corrected chi connectivity index (χ2v) is 4.53. The molecule has 0 spiro atoms. The van der Waals surface area contributed by atoms with Gasteiger partial charge in [-0.05, 0) is 26.4 Å². The number of nitrogens with one attached hydrogen (secondary N) is 1. The third-order valence-corrected chi connectivity index (χ3v) is 3.18. The van der Waals surface area contributed by atoms with Crippen molar-refractivity contribution < 1.29 is 9.59 Å². The fourth-order valence-electron chi connectivity index (χ4n) is 1.98. The van der Waals surface area contributed by atoms with Gasteiger partial charge in [0.05, 0.1) is 0 Å². The van der Waals surface area contributed by atoms with E-state index >= 15 is 0 Å². The number of nitrogens with two attached hydrogens (primary N) is 1. The van der Waals surface area contributed by atoms with Gasteiger partial charge in [-0.2, -0.15) is 0 Å². The molecule has 1 aliphatic heterocycles. The van der Waals surface area contributed by atoms with Crippen molar-refractivity contribution in [1.82, 2.24) is 15.1 Å². The zero-order chi connectivity index (χ0) is 12.7. The minimum atomic E-state index is -0.528. The van der Waals surface area contributed by atoms with Crippen LogP contribution in [0, 0.1) is 0 Å². The van der Waals surface area contributed by atoms with Crippen LogP contribution in [0.15, 0.2) is 0 Å². The van der Waals surface area contributed by atoms with Crippen molar-refractivity contribution in [3.8, 4) is 0 Å². The second-order valence-electron chi connectivity index (χ2n) is 4.53. The van der Waals surface area contributed by atoms with Gasteiger partial charge in [0.15, 0.2) is 0 Å². The largest absolute Gasteiger partial charge is 0.368 e. The van der Waals surface area contributed by atoms with Crippen molar-refractivity contribution >= 4 is 12.3 Å². The van der Waals surface area contributed by atoms with Crippen LogP contribution < -0.4 is 11.1 Å². The summed E-state index contributed by atoms with van der Waals surface area (Å²) in [5.74, 6) is -0.463. The van der Waals surface area contributed by atoms with E-state index < -0.39 is 11.9 Å². The van der Waals surface area contributed by atoms with E-state index in [9.17, 15) is 9.59 Å². The number of likely N-dealkylation sites (N-methyl/N-ethyl adjacent to an activating group) is 1. The fraction of sp³-hybridized carbons (Fsp3) is 0.818. The number of primary amides is 1. The molecule has 1 aliphatic rings. The minimum absolute atomic E-state index is 0.463. The maximum atomic E-state index is 11.0. The maximum absolute atomic E-state index is 11.0. The standard InChI is InChI=1S/C11H22N4O2/c1-14-5-7-15(8-6-14)4-2-3-10(11(12)17)13-9-16/h9-10H,2-8H2,1H3,(H2,12,17)(H,13,16). The lowest BCUT2D eigenvalue weighted by Gasteiger charge is -2.32. The average Bonchev–Trinajstić information content (AvgIpc) is 2.30. The second kappa shape index (κ2) is 7.24. The Morgan fingerprint density at radius 3 is 2.59 bits per heavy atom. The maximum Gasteiger partial charge on any atom is 0.239 e. The normalized spacial score (nSPS) is 19.8. The van der Waals surface area contributed by atoms with Crippen molar-refractivity contribution in [2.75, 3.05) is 39.8 Å². The van der Waals surface area contributed by atoms with Crippen LogP contribution in [0.1, 0.15) is 12.8 Å². The molecular weight excluding hydrogens is 220 g/mol. The molecule has 0 aromatic rings. The van der Waals surface area contributed by atoms with Gasteiger partial charge in [0.2, 0.25) is 12.3 Å². The van der Waals surface area contributed by atoms with Crippen molar-refractivity contribution in [2.24, 2.45) is 5.73 Å². The van der Waals surface area contributed by atoms with Crippen molar-refractivity contribution in [2.45, 2.75) is 18.9 Å². The summed E-state index contributed by atoms with van der Waals surface area (Å²) in [6.45, 7) is 5.27. The first-order chi connectivity index (χ1) is 8.13. The number of carbonyl (C=O) groups is 2. The van der Waals surface area contributed by atoms with Gasteiger partial charge in [-0.1, -0.05) is 0 Å². The molecule has 98 valence electrons. The lowest BCUT2D eigenvalue weighted by molar-refractivity contribution is -0.122. The van der Waals surface area contributed by atoms with E-state index in [1.54, 1.807) is 0 Å². The van der Waals surface area contributed by atoms with E-state index in [0.29, 0.717) is 12.8 Å². The van der Waals surface area contributed by atoms with Crippen LogP contribution in [0.25, 0.3) is 0 Å². The zero-order valence-corrected chi connectivity index (χ0v) is 10.4. The fourth-order valence-corrected chi connectivity index (χ4v) is 1.98. The predicted octanol–water partition coefficient (Wildman–Crippen LogP) is -1.39. The monoisotopic (exact) mass is 242 g/mol. The van der Waals surface area contributed by atoms with Crippen LogP contribution in [0.5, 0.6) is 0 Å². The summed E-state index contributed by atoms with van der Waals surface area (Å²) in [6, 6.07) is -0.528. The number of amides is 2. The summed E-state index contributed by atoms with van der Waals surface area (Å²) in [6.07, 6.45) is 2.02. The summed E-state index contributed by atoms with van der Waals surface area (Å²) >= 11 is 0. The van der Waals surface area contributed by atoms with Crippen molar-refractivity contribution in [1.29, 1.82) is 0 Å². The molecule has 1 fully saturated rings. The third kappa shape index (κ3) is 5.14. The van der Waals surface area contributed by atoms with E-state index in [1.165, 1.54) is 0 Å². The molecule has 6 heteroatoms. The highest BCUT2D eigenvalue weighted by Gasteiger charge is 2.16. The average molecular weight is 242 g/mol. The van der Waals surface area contributed by atoms with E-state index in [0.717, 1.165) is 39.1 Å². The lowest BCUT2D eigenvalue weighted by atomic mass is 10.1. The van der Waals surface area contributed by atoms with Gasteiger partial charge in [0.1, 0.15) is 6.04 Å². The van der Waals surface area contributed by atoms with E-state index in [-0.39, 0.29) is 0 Å². The molecule has 1 atom stereocenters. The number of nitrogens with zero attached hydrogens (tertiary/aromatic N) is 2. The highest BCUT2D eigenvalue weighted by molar-refractivity contribution is 5.81. The zero-order valence-electron chi connectivity index (χ0n) is 10.4. The molecule has 0 radical (unpaired) electrons. The van der Waals surface area contributed by atoms with Gasteiger partial charge in [0.25, 0.3) is 0 Å². The molecule has 0 saturated carbocycles. The first-order valence-electron chi connectivity index (χ1n) is 6.03. The van der Waals surface area contributed by atoms with Crippen LogP contribution >= 0.6 is 0 Å². The van der Waals surface area contributed by atoms with Crippen LogP contribution in [0.4, 0.5) is 0 Å². The third-order valence-electron chi connectivity index (χ3n) is 3.18. The molecule has 2 amide bonds. The summed E-state index contributed by atoms with van der Waals surface area (Å²) in [7, 11) is 2.12. The summed E-state index contributed by atoms with van der Waals surface area (Å²) in [5, 5.41) is 2.44. The van der Waals surface area contributed by atoms with Crippen molar-refractivity contribution in [3.05, 3.63) is 0 Å². The SMILES string of the molecule is CN1CCN(CCCC(NC=O)C(N)=O)CC1. The predicted molar refractivity (Wildman–Crippen MR) is 65.4 cm³/mol. The highest BCUT2D eigenvalue weighted by Crippen LogP contribution is 2.03. The number of hydrogen-bond donors (Lipinski definition) is 2. The lowest BCUT2D eigenvalue weighted by Crippen LogP contribution is -2.45. The Morgan fingerprint density at radius 2 is 2.06 bits per heavy atom. The number of piperazine rings is 1. The smallest absolute Gasteiger partial charge is 0.239 e. The summed E-state index contributed by atoms with van der Waals surface area (Å²) in [4.78, 5) is 26.0. The Hall–Kier alpha value is -1.14. The topological polar surface area (TPSA) is 78.7 Å². The van der Waals surface area contributed by atoms with Gasteiger partial charge in [-0.3, -0.25) is 9.59 Å². The van der Waals surface area contributed by atoms with Gasteiger partial charge in [-0.25, -0.2) is 0 Å². The van der Waals surface area contributed by atoms with Crippen LogP contribution in [0.3, 0.4) is 0 Å². The molecule has 6 nitrogen and oxygen atoms in total. The Morgan fingerprint density at radius 1 is 1.41 bits per heavy atom. The summed E-state index contributed by atoms with van der Waals surface area (Å²) < 4.78 is 0. The number of carbonyl (C=O) groups excluding carboxylic acids is 2. The molecule has 1 unspecified atom stereocenters. The van der Waals surface area contributed by atoms with E-state index in [4.69, 9.17) is 5.73 Å². The van der Waals surface area contributed by atoms with Crippen molar-refractivity contribution in [3.63, 3.8) is 0 Å². The Balaban J connectivity index is 2.17. The highest BCUT2D eigenvalue weighted by atomic mass is 16.2. The summed E-state index contributed by atoms with van der Waals surface area (Å²) in [5.41, 5.74) is 5.18. The van der Waals surface area contributed by atoms with Gasteiger partial charge in [-0.15, -0.1) is 0 Å². The molecule has 1 rings (SSSR count). The van der Waals surface area contributed by atoms with Gasteiger partial charge >= 0.3 is 0 Å². The molecule has 0 bridgehead atoms. The molecule has 3 N–H and O–H groups in total. The Kier molecular flexibility index (Phi) is 5.93. The molecule has 17 heavy (non-hydrogen) atoms. The van der Waals surface area contributed by atoms with Gasteiger partial charge < -0.3 is 20.9 Å². The molecular formula is C11H22N4O2. The minimum Gasteiger partial charge on any atom is -0.368 e. The Bertz CT molecular complexity index is 252. The van der Waals surface area contributed by atoms with Crippen LogP contribution in [0.2, 0.25) is 0 Å². The van der Waals surface area contributed by atoms with Crippen LogP contribution in [-0.2, 0) is 9.59 Å². The molecule has 0 aromatic heterocycles. The molecule has 0 aliphatic carbocycles. The molecule has 1 saturated heterocycles. The Labute approximate surface area is 102 Å². The number of hydrogen-bond acceptors (Lipinski definition) is 4. The molecule has 1 heterocycles. The van der Waals surface area contributed by atoms with E-state index in [1.807, 2.05) is 0 Å².